The Morgan fingerprint density at radius 1 is 0.304 bits per heavy atom. The number of hydrogen-bond acceptors (Lipinski definition) is 17. The zero-order valence-electron chi connectivity index (χ0n) is 64.6. The van der Waals surface area contributed by atoms with Crippen LogP contribution in [-0.4, -0.2) is 83.4 Å². The highest BCUT2D eigenvalue weighted by atomic mass is 32.1. The topological polar surface area (TPSA) is 204 Å². The lowest BCUT2D eigenvalue weighted by molar-refractivity contribution is 0.960. The van der Waals surface area contributed by atoms with E-state index < -0.39 is 0 Å². The minimum absolute atomic E-state index is 0.869. The van der Waals surface area contributed by atoms with Crippen LogP contribution in [0.15, 0.2) is 327 Å². The van der Waals surface area contributed by atoms with Crippen molar-refractivity contribution in [2.75, 3.05) is 0 Å². The van der Waals surface area contributed by atoms with Crippen molar-refractivity contribution in [3.05, 3.63) is 364 Å². The van der Waals surface area contributed by atoms with Crippen molar-refractivity contribution >= 4 is 118 Å². The third-order valence-electron chi connectivity index (χ3n) is 20.5. The van der Waals surface area contributed by atoms with Crippen LogP contribution in [0.4, 0.5) is 0 Å². The molecule has 0 saturated heterocycles. The fourth-order valence-electron chi connectivity index (χ4n) is 14.3. The average molecular weight is 1520 g/mol. The number of aromatic nitrogens is 11. The fourth-order valence-corrected chi connectivity index (χ4v) is 14.9. The van der Waals surface area contributed by atoms with Gasteiger partial charge in [0.2, 0.25) is 0 Å². The lowest BCUT2D eigenvalue weighted by Gasteiger charge is -2.04. The molecule has 7 aromatic carbocycles. The molecule has 115 heavy (non-hydrogen) atoms. The number of fused-ring (bicyclic) bond motifs is 5. The minimum atomic E-state index is 0.869. The van der Waals surface area contributed by atoms with Gasteiger partial charge in [0.25, 0.3) is 0 Å². The quantitative estimate of drug-likeness (QED) is 0.0702. The van der Waals surface area contributed by atoms with Crippen molar-refractivity contribution in [2.45, 2.75) is 117 Å². The average Bonchev–Trinajstić information content (AvgIpc) is 1.35. The van der Waals surface area contributed by atoms with Crippen LogP contribution < -0.4 is 0 Å². The largest absolute Gasteiger partial charge is 0.265 e. The monoisotopic (exact) mass is 1520 g/mol. The van der Waals surface area contributed by atoms with E-state index in [-0.39, 0.29) is 0 Å². The first-order valence-corrected chi connectivity index (χ1v) is 40.5. The molecule has 0 atom stereocenters. The van der Waals surface area contributed by atoms with Gasteiger partial charge in [-0.05, 0) is 186 Å². The van der Waals surface area contributed by atoms with Gasteiger partial charge in [-0.25, -0.2) is 24.9 Å². The van der Waals surface area contributed by atoms with E-state index in [2.05, 4.69) is 173 Å². The Morgan fingerprint density at radius 3 is 1.04 bits per heavy atom. The maximum atomic E-state index is 4.83. The Labute approximate surface area is 673 Å². The molecule has 0 saturated carbocycles. The second-order valence-corrected chi connectivity index (χ2v) is 29.6. The summed E-state index contributed by atoms with van der Waals surface area (Å²) in [5, 5.41) is 4.24. The lowest BCUT2D eigenvalue weighted by atomic mass is 10.1. The van der Waals surface area contributed by atoms with Crippen molar-refractivity contribution < 1.29 is 0 Å². The number of para-hydroxylation sites is 10. The Morgan fingerprint density at radius 2 is 0.661 bits per heavy atom. The molecule has 564 valence electrons. The second-order valence-electron chi connectivity index (χ2n) is 28.9. The van der Waals surface area contributed by atoms with E-state index in [4.69, 9.17) is 34.9 Å². The van der Waals surface area contributed by atoms with E-state index >= 15 is 0 Å². The number of aryl methyl sites for hydroxylation is 7. The Bertz CT molecular complexity index is 6280. The number of pyridine rings is 1. The summed E-state index contributed by atoms with van der Waals surface area (Å²) in [5.74, 6) is 0. The van der Waals surface area contributed by atoms with Gasteiger partial charge in [0, 0.05) is 132 Å². The summed E-state index contributed by atoms with van der Waals surface area (Å²) in [4.78, 5) is 73.7. The number of allylic oxidation sites excluding steroid dienone is 9. The summed E-state index contributed by atoms with van der Waals surface area (Å²) in [7, 11) is 0. The van der Waals surface area contributed by atoms with Crippen LogP contribution in [0.2, 0.25) is 0 Å². The van der Waals surface area contributed by atoms with Gasteiger partial charge in [-0.1, -0.05) is 157 Å². The molecule has 12 heterocycles. The number of nitrogens with zero attached hydrogens (tertiary/aromatic N) is 16. The first-order valence-electron chi connectivity index (χ1n) is 39.5. The van der Waals surface area contributed by atoms with Crippen LogP contribution in [0.25, 0.3) is 78.0 Å². The number of aliphatic imine (C=N–C) groups is 5. The predicted molar refractivity (Wildman–Crippen MR) is 472 cm³/mol. The van der Waals surface area contributed by atoms with Crippen molar-refractivity contribution in [1.82, 2.24) is 54.8 Å². The number of rotatable bonds is 20. The molecule has 0 amide bonds. The van der Waals surface area contributed by atoms with E-state index in [0.29, 0.717) is 0 Å². The van der Waals surface area contributed by atoms with Crippen LogP contribution in [0.1, 0.15) is 132 Å². The molecule has 7 aromatic heterocycles. The van der Waals surface area contributed by atoms with Crippen molar-refractivity contribution in [1.29, 1.82) is 0 Å². The second kappa shape index (κ2) is 37.3. The van der Waals surface area contributed by atoms with Crippen LogP contribution >= 0.6 is 11.3 Å². The maximum absolute atomic E-state index is 4.83. The molecule has 5 aliphatic heterocycles. The molecular formula is C98H86N16S. The maximum Gasteiger partial charge on any atom is 0.0890 e. The molecule has 0 fully saturated rings. The Kier molecular flexibility index (Phi) is 24.5. The van der Waals surface area contributed by atoms with Crippen LogP contribution in [0.5, 0.6) is 0 Å². The Balaban J connectivity index is 0.000000108. The molecule has 0 bridgehead atoms. The molecule has 0 radical (unpaired) electrons. The standard InChI is InChI=1S/2C21H19N3.C19H16N4.C19H17N3.C18H15N3S/c1-15-5-4-6-16(13-15)19-12-11-17(23-19)9-10-18-14-22-20-7-2-3-8-21(20)24-18;1-15-6-2-3-7-18(15)19-13-12-16(23-19)10-11-17-14-22-20-8-4-5-9-21(20)24-17;1-2-4-19-18(3-1)21-13-16(23-19)6-5-15-7-8-17(22-15)14-9-11-20-12-10-14;1-2-6-14(5-1)17-12-11-15(21-17)9-10-16-13-20-18-7-3-4-8-19(18)22-16;1-2-4-18-17(3-1)19-11-15(21-18)6-5-14-7-8-16(20-14)13-9-10-22-12-13/h2-8,12-14H,9-11H2,1H3;2-9,13-14H,10-12H2,1H3;1-4,8-13H,5-7H2;1-5,7-8,12-13H,6,9-11H2;1-4,8-12H,5-7H2. The summed E-state index contributed by atoms with van der Waals surface area (Å²) < 4.78 is 0. The van der Waals surface area contributed by atoms with Gasteiger partial charge in [0.15, 0.2) is 0 Å². The summed E-state index contributed by atoms with van der Waals surface area (Å²) in [6.45, 7) is 4.25. The fraction of sp³-hybridized carbons (Fsp3) is 0.184. The molecule has 0 N–H and O–H groups in total. The van der Waals surface area contributed by atoms with Crippen molar-refractivity contribution in [3.63, 3.8) is 0 Å². The first-order chi connectivity index (χ1) is 56.7. The Hall–Kier alpha value is -13.4. The molecule has 0 unspecified atom stereocenters. The van der Waals surface area contributed by atoms with E-state index in [1.54, 1.807) is 23.7 Å². The van der Waals surface area contributed by atoms with Crippen LogP contribution in [0, 0.1) is 13.8 Å². The third-order valence-corrected chi connectivity index (χ3v) is 21.2. The van der Waals surface area contributed by atoms with Gasteiger partial charge >= 0.3 is 0 Å². The summed E-state index contributed by atoms with van der Waals surface area (Å²) in [6, 6.07) is 63.0. The normalized spacial score (nSPS) is 14.5. The molecule has 1 aliphatic carbocycles. The van der Waals surface area contributed by atoms with Crippen LogP contribution in [-0.2, 0) is 32.1 Å². The number of hydrogen-bond donors (Lipinski definition) is 0. The van der Waals surface area contributed by atoms with E-state index in [1.165, 1.54) is 61.9 Å². The SMILES string of the molecule is C1=C(c2ccncc2)N=C(CCc2cnc3ccccc3n2)C1.C1=C(c2ccsc2)N=C(CCc2cnc3ccccc3n2)C1.C1=CCC(C2=CCC(CCc3cnc4ccccc4n3)=N2)=C1.Cc1cccc(C2=CCC(CCc3cnc4ccccc4n3)=N2)c1.Cc1ccccc1C1=CCC(CCc2cnc3ccccc3n2)=N1. The summed E-state index contributed by atoms with van der Waals surface area (Å²) in [6.07, 6.45) is 45.3. The van der Waals surface area contributed by atoms with Gasteiger partial charge in [-0.3, -0.25) is 54.9 Å². The molecule has 16 nitrogen and oxygen atoms in total. The summed E-state index contributed by atoms with van der Waals surface area (Å²) in [5.41, 5.74) is 35.0. The lowest BCUT2D eigenvalue weighted by Crippen LogP contribution is -1.99. The molecule has 0 spiro atoms. The van der Waals surface area contributed by atoms with Crippen LogP contribution in [0.3, 0.4) is 0 Å². The molecule has 17 heteroatoms. The number of benzene rings is 7. The predicted octanol–water partition coefficient (Wildman–Crippen LogP) is 22.0. The van der Waals surface area contributed by atoms with Gasteiger partial charge in [0.05, 0.1) is 112 Å². The minimum Gasteiger partial charge on any atom is -0.265 e. The van der Waals surface area contributed by atoms with E-state index in [1.807, 2.05) is 164 Å². The highest BCUT2D eigenvalue weighted by Crippen LogP contribution is 2.31. The van der Waals surface area contributed by atoms with Crippen molar-refractivity contribution in [3.8, 4) is 0 Å². The number of thiophene rings is 1. The molecule has 20 rings (SSSR count). The smallest absolute Gasteiger partial charge is 0.0890 e. The highest BCUT2D eigenvalue weighted by Gasteiger charge is 2.19. The van der Waals surface area contributed by atoms with Gasteiger partial charge in [-0.2, -0.15) is 11.3 Å². The van der Waals surface area contributed by atoms with Gasteiger partial charge < -0.3 is 0 Å². The van der Waals surface area contributed by atoms with Gasteiger partial charge in [-0.15, -0.1) is 0 Å². The van der Waals surface area contributed by atoms with E-state index in [0.717, 1.165) is 220 Å². The van der Waals surface area contributed by atoms with Crippen molar-refractivity contribution in [2.24, 2.45) is 25.0 Å². The van der Waals surface area contributed by atoms with E-state index in [9.17, 15) is 0 Å². The zero-order chi connectivity index (χ0) is 77.8. The summed E-state index contributed by atoms with van der Waals surface area (Å²) >= 11 is 1.71. The first kappa shape index (κ1) is 75.6. The molecule has 6 aliphatic rings. The molecule has 14 aromatic rings. The van der Waals surface area contributed by atoms with Gasteiger partial charge in [0.1, 0.15) is 0 Å². The highest BCUT2D eigenvalue weighted by molar-refractivity contribution is 7.08. The molecular weight excluding hydrogens is 1430 g/mol. The zero-order valence-corrected chi connectivity index (χ0v) is 65.4. The third kappa shape index (κ3) is 20.3.